The number of nitrogens with one attached hydrogen (secondary N) is 1. The van der Waals surface area contributed by atoms with Crippen LogP contribution in [-0.2, 0) is 9.59 Å². The van der Waals surface area contributed by atoms with Gasteiger partial charge in [0.15, 0.2) is 0 Å². The number of imide groups is 1. The van der Waals surface area contributed by atoms with Crippen molar-refractivity contribution in [1.29, 1.82) is 10.5 Å². The molecule has 1 aliphatic carbocycles. The van der Waals surface area contributed by atoms with Crippen molar-refractivity contribution in [3.8, 4) is 12.1 Å². The third-order valence-corrected chi connectivity index (χ3v) is 4.05. The Bertz CT molecular complexity index is 408. The summed E-state index contributed by atoms with van der Waals surface area (Å²) in [7, 11) is 0. The summed E-state index contributed by atoms with van der Waals surface area (Å²) in [5, 5.41) is 20.4. The average molecular weight is 245 g/mol. The first-order chi connectivity index (χ1) is 8.69. The summed E-state index contributed by atoms with van der Waals surface area (Å²) in [6.07, 6.45) is 5.06. The van der Waals surface area contributed by atoms with Crippen LogP contribution in [0.5, 0.6) is 0 Å². The van der Waals surface area contributed by atoms with Crippen LogP contribution in [0, 0.1) is 46.3 Å². The number of hydrogen-bond donors (Lipinski definition) is 1. The first-order valence-electron chi connectivity index (χ1n) is 6.33. The van der Waals surface area contributed by atoms with E-state index in [1.807, 2.05) is 12.1 Å². The molecule has 1 N–H and O–H groups in total. The summed E-state index contributed by atoms with van der Waals surface area (Å²) in [5.41, 5.74) is 0. The molecule has 0 bridgehead atoms. The molecule has 5 nitrogen and oxygen atoms in total. The number of carbonyl (C=O) groups excluding carboxylic acids is 2. The maximum atomic E-state index is 11.7. The molecule has 2 aliphatic rings. The minimum atomic E-state index is -0.865. The van der Waals surface area contributed by atoms with E-state index in [0.717, 1.165) is 32.1 Å². The normalized spacial score (nSPS) is 33.3. The molecule has 1 saturated heterocycles. The maximum absolute atomic E-state index is 11.7. The van der Waals surface area contributed by atoms with Crippen molar-refractivity contribution >= 4 is 11.8 Å². The second-order valence-electron chi connectivity index (χ2n) is 5.04. The fourth-order valence-corrected chi connectivity index (χ4v) is 3.17. The highest BCUT2D eigenvalue weighted by atomic mass is 16.2. The van der Waals surface area contributed by atoms with Gasteiger partial charge in [0.2, 0.25) is 11.8 Å². The molecular formula is C13H15N3O2. The topological polar surface area (TPSA) is 93.8 Å². The Morgan fingerprint density at radius 3 is 1.89 bits per heavy atom. The van der Waals surface area contributed by atoms with Crippen LogP contribution in [-0.4, -0.2) is 11.8 Å². The molecule has 1 aliphatic heterocycles. The van der Waals surface area contributed by atoms with Crippen LogP contribution in [0.25, 0.3) is 0 Å². The molecule has 18 heavy (non-hydrogen) atoms. The van der Waals surface area contributed by atoms with Crippen LogP contribution in [0.1, 0.15) is 32.1 Å². The second kappa shape index (κ2) is 5.18. The summed E-state index contributed by atoms with van der Waals surface area (Å²) in [5.74, 6) is -3.09. The Morgan fingerprint density at radius 1 is 0.944 bits per heavy atom. The van der Waals surface area contributed by atoms with Gasteiger partial charge in [0, 0.05) is 5.92 Å². The fraction of sp³-hybridized carbons (Fsp3) is 0.692. The summed E-state index contributed by atoms with van der Waals surface area (Å²) in [4.78, 5) is 23.4. The zero-order chi connectivity index (χ0) is 13.1. The van der Waals surface area contributed by atoms with E-state index in [-0.39, 0.29) is 5.92 Å². The number of carbonyl (C=O) groups is 2. The van der Waals surface area contributed by atoms with E-state index >= 15 is 0 Å². The minimum absolute atomic E-state index is 0.142. The molecule has 2 fully saturated rings. The predicted octanol–water partition coefficient (Wildman–Crippen LogP) is 1.12. The van der Waals surface area contributed by atoms with Crippen molar-refractivity contribution in [2.75, 3.05) is 0 Å². The van der Waals surface area contributed by atoms with E-state index in [2.05, 4.69) is 5.32 Å². The van der Waals surface area contributed by atoms with Gasteiger partial charge in [-0.05, 0) is 5.92 Å². The van der Waals surface area contributed by atoms with Crippen molar-refractivity contribution in [3.05, 3.63) is 0 Å². The van der Waals surface area contributed by atoms with Crippen LogP contribution < -0.4 is 5.32 Å². The van der Waals surface area contributed by atoms with E-state index in [4.69, 9.17) is 10.5 Å². The van der Waals surface area contributed by atoms with E-state index < -0.39 is 29.6 Å². The van der Waals surface area contributed by atoms with Crippen molar-refractivity contribution in [2.45, 2.75) is 32.1 Å². The lowest BCUT2D eigenvalue weighted by Gasteiger charge is -2.37. The maximum Gasteiger partial charge on any atom is 0.244 e. The zero-order valence-corrected chi connectivity index (χ0v) is 10.1. The van der Waals surface area contributed by atoms with Crippen LogP contribution in [0.15, 0.2) is 0 Å². The minimum Gasteiger partial charge on any atom is -0.294 e. The quantitative estimate of drug-likeness (QED) is 0.700. The number of nitriles is 2. The molecule has 0 spiro atoms. The van der Waals surface area contributed by atoms with Gasteiger partial charge in [-0.2, -0.15) is 10.5 Å². The summed E-state index contributed by atoms with van der Waals surface area (Å²) >= 11 is 0. The molecule has 2 amide bonds. The van der Waals surface area contributed by atoms with Gasteiger partial charge in [0.05, 0.1) is 12.1 Å². The highest BCUT2D eigenvalue weighted by Crippen LogP contribution is 2.40. The average Bonchev–Trinajstić information content (AvgIpc) is 2.39. The van der Waals surface area contributed by atoms with E-state index in [0.29, 0.717) is 0 Å². The second-order valence-corrected chi connectivity index (χ2v) is 5.04. The van der Waals surface area contributed by atoms with Gasteiger partial charge in [-0.25, -0.2) is 0 Å². The van der Waals surface area contributed by atoms with Gasteiger partial charge in [0.25, 0.3) is 0 Å². The lowest BCUT2D eigenvalue weighted by atomic mass is 9.67. The van der Waals surface area contributed by atoms with Gasteiger partial charge >= 0.3 is 0 Å². The third kappa shape index (κ3) is 2.09. The summed E-state index contributed by atoms with van der Waals surface area (Å²) in [6, 6.07) is 3.94. The molecule has 0 aromatic heterocycles. The molecule has 94 valence electrons. The van der Waals surface area contributed by atoms with Crippen LogP contribution >= 0.6 is 0 Å². The molecule has 0 aromatic rings. The van der Waals surface area contributed by atoms with Gasteiger partial charge in [0.1, 0.15) is 11.8 Å². The lowest BCUT2D eigenvalue weighted by Crippen LogP contribution is -2.53. The Kier molecular flexibility index (Phi) is 3.62. The summed E-state index contributed by atoms with van der Waals surface area (Å²) < 4.78 is 0. The largest absolute Gasteiger partial charge is 0.294 e. The number of rotatable bonds is 1. The number of hydrogen-bond acceptors (Lipinski definition) is 4. The van der Waals surface area contributed by atoms with Crippen molar-refractivity contribution in [1.82, 2.24) is 5.32 Å². The van der Waals surface area contributed by atoms with E-state index in [1.54, 1.807) is 0 Å². The van der Waals surface area contributed by atoms with Crippen molar-refractivity contribution < 1.29 is 9.59 Å². The zero-order valence-electron chi connectivity index (χ0n) is 10.1. The van der Waals surface area contributed by atoms with Gasteiger partial charge < -0.3 is 0 Å². The predicted molar refractivity (Wildman–Crippen MR) is 61.4 cm³/mol. The van der Waals surface area contributed by atoms with Gasteiger partial charge in [-0.15, -0.1) is 0 Å². The monoisotopic (exact) mass is 245 g/mol. The molecule has 2 unspecified atom stereocenters. The molecule has 1 heterocycles. The smallest absolute Gasteiger partial charge is 0.244 e. The Hall–Kier alpha value is -1.88. The van der Waals surface area contributed by atoms with Crippen molar-refractivity contribution in [3.63, 3.8) is 0 Å². The van der Waals surface area contributed by atoms with Gasteiger partial charge in [-0.1, -0.05) is 32.1 Å². The Balaban J connectivity index is 2.29. The van der Waals surface area contributed by atoms with Crippen LogP contribution in [0.4, 0.5) is 0 Å². The number of amides is 2. The fourth-order valence-electron chi connectivity index (χ4n) is 3.17. The molecule has 0 radical (unpaired) electrons. The van der Waals surface area contributed by atoms with E-state index in [9.17, 15) is 9.59 Å². The standard InChI is InChI=1S/C13H15N3O2/c14-6-9-11(8-4-2-1-3-5-8)10(7-15)13(18)16-12(9)17/h8-11H,1-5H2,(H,16,17,18). The summed E-state index contributed by atoms with van der Waals surface area (Å²) in [6.45, 7) is 0. The van der Waals surface area contributed by atoms with Gasteiger partial charge in [-0.3, -0.25) is 14.9 Å². The third-order valence-electron chi connectivity index (χ3n) is 4.05. The molecule has 2 rings (SSSR count). The molecule has 5 heteroatoms. The Morgan fingerprint density at radius 2 is 1.44 bits per heavy atom. The van der Waals surface area contributed by atoms with Crippen molar-refractivity contribution in [2.24, 2.45) is 23.7 Å². The molecule has 1 saturated carbocycles. The van der Waals surface area contributed by atoms with Crippen LogP contribution in [0.2, 0.25) is 0 Å². The SMILES string of the molecule is N#CC1C(=O)NC(=O)C(C#N)C1C1CCCCC1. The molecular weight excluding hydrogens is 230 g/mol. The highest BCUT2D eigenvalue weighted by Gasteiger charge is 2.47. The number of nitrogens with zero attached hydrogens (tertiary/aromatic N) is 2. The first-order valence-corrected chi connectivity index (χ1v) is 6.33. The lowest BCUT2D eigenvalue weighted by molar-refractivity contribution is -0.141. The molecule has 0 aromatic carbocycles. The molecule has 2 atom stereocenters. The highest BCUT2D eigenvalue weighted by molar-refractivity contribution is 6.02. The Labute approximate surface area is 106 Å². The number of piperidine rings is 1. The first kappa shape index (κ1) is 12.6. The van der Waals surface area contributed by atoms with Crippen LogP contribution in [0.3, 0.4) is 0 Å². The van der Waals surface area contributed by atoms with E-state index in [1.165, 1.54) is 0 Å².